The number of nitrogens with zero attached hydrogens (tertiary/aromatic N) is 1. The Hall–Kier alpha value is -3.39. The minimum absolute atomic E-state index is 0.175. The SMILES string of the molecule is Cc1ccc(NC(=S)Nc2cccc(SC(C(=O)Nc3ccc(Cl)cn3)c3ccccc3)c2)cc1. The Kier molecular flexibility index (Phi) is 8.36. The molecule has 1 atom stereocenters. The minimum atomic E-state index is -0.485. The highest BCUT2D eigenvalue weighted by Gasteiger charge is 2.22. The molecule has 4 aromatic rings. The Balaban J connectivity index is 1.48. The highest BCUT2D eigenvalue weighted by Crippen LogP contribution is 2.37. The summed E-state index contributed by atoms with van der Waals surface area (Å²) in [4.78, 5) is 18.3. The molecule has 0 bridgehead atoms. The van der Waals surface area contributed by atoms with E-state index in [2.05, 4.69) is 20.9 Å². The Morgan fingerprint density at radius 3 is 2.34 bits per heavy atom. The van der Waals surface area contributed by atoms with Gasteiger partial charge in [-0.1, -0.05) is 65.7 Å². The zero-order chi connectivity index (χ0) is 24.6. The van der Waals surface area contributed by atoms with E-state index in [1.807, 2.05) is 85.8 Å². The molecule has 1 heterocycles. The van der Waals surface area contributed by atoms with E-state index in [0.717, 1.165) is 21.8 Å². The molecule has 1 unspecified atom stereocenters. The van der Waals surface area contributed by atoms with Crippen molar-refractivity contribution in [2.75, 3.05) is 16.0 Å². The van der Waals surface area contributed by atoms with Gasteiger partial charge in [0.15, 0.2) is 5.11 Å². The van der Waals surface area contributed by atoms with Crippen LogP contribution >= 0.6 is 35.6 Å². The number of aromatic nitrogens is 1. The van der Waals surface area contributed by atoms with Crippen molar-refractivity contribution >= 4 is 63.8 Å². The second-order valence-corrected chi connectivity index (χ2v) is 9.76. The van der Waals surface area contributed by atoms with Gasteiger partial charge in [-0.3, -0.25) is 4.79 Å². The number of anilines is 3. The number of thiocarbonyl (C=S) groups is 1. The van der Waals surface area contributed by atoms with Crippen LogP contribution in [0, 0.1) is 6.92 Å². The van der Waals surface area contributed by atoms with Crippen LogP contribution in [-0.2, 0) is 4.79 Å². The lowest BCUT2D eigenvalue weighted by Gasteiger charge is -2.18. The Labute approximate surface area is 219 Å². The van der Waals surface area contributed by atoms with Crippen LogP contribution in [0.1, 0.15) is 16.4 Å². The normalized spacial score (nSPS) is 11.4. The van der Waals surface area contributed by atoms with Gasteiger partial charge in [0.2, 0.25) is 5.91 Å². The first-order valence-electron chi connectivity index (χ1n) is 10.8. The van der Waals surface area contributed by atoms with E-state index in [1.54, 1.807) is 12.1 Å². The number of carbonyl (C=O) groups is 1. The molecule has 5 nitrogen and oxygen atoms in total. The summed E-state index contributed by atoms with van der Waals surface area (Å²) in [6, 6.07) is 28.8. The van der Waals surface area contributed by atoms with Crippen molar-refractivity contribution < 1.29 is 4.79 Å². The van der Waals surface area contributed by atoms with Crippen LogP contribution in [0.5, 0.6) is 0 Å². The van der Waals surface area contributed by atoms with Gasteiger partial charge in [-0.25, -0.2) is 4.98 Å². The summed E-state index contributed by atoms with van der Waals surface area (Å²) in [5.41, 5.74) is 3.81. The quantitative estimate of drug-likeness (QED) is 0.176. The van der Waals surface area contributed by atoms with E-state index in [-0.39, 0.29) is 5.91 Å². The zero-order valence-electron chi connectivity index (χ0n) is 18.9. The van der Waals surface area contributed by atoms with Gasteiger partial charge in [-0.15, -0.1) is 11.8 Å². The van der Waals surface area contributed by atoms with Crippen molar-refractivity contribution in [2.24, 2.45) is 0 Å². The zero-order valence-corrected chi connectivity index (χ0v) is 21.3. The maximum Gasteiger partial charge on any atom is 0.243 e. The average Bonchev–Trinajstić information content (AvgIpc) is 2.86. The number of hydrogen-bond acceptors (Lipinski definition) is 4. The summed E-state index contributed by atoms with van der Waals surface area (Å²) in [6.45, 7) is 2.04. The topological polar surface area (TPSA) is 66.0 Å². The molecule has 0 fully saturated rings. The summed E-state index contributed by atoms with van der Waals surface area (Å²) in [5.74, 6) is 0.273. The van der Waals surface area contributed by atoms with E-state index >= 15 is 0 Å². The van der Waals surface area contributed by atoms with Crippen LogP contribution in [0.2, 0.25) is 5.02 Å². The predicted octanol–water partition coefficient (Wildman–Crippen LogP) is 7.32. The lowest BCUT2D eigenvalue weighted by atomic mass is 10.1. The number of benzene rings is 3. The van der Waals surface area contributed by atoms with Crippen molar-refractivity contribution in [3.8, 4) is 0 Å². The maximum atomic E-state index is 13.2. The summed E-state index contributed by atoms with van der Waals surface area (Å²) in [7, 11) is 0. The van der Waals surface area contributed by atoms with E-state index in [0.29, 0.717) is 16.0 Å². The fourth-order valence-electron chi connectivity index (χ4n) is 3.26. The Morgan fingerprint density at radius 2 is 1.63 bits per heavy atom. The number of pyridine rings is 1. The smallest absolute Gasteiger partial charge is 0.243 e. The van der Waals surface area contributed by atoms with E-state index < -0.39 is 5.25 Å². The van der Waals surface area contributed by atoms with Gasteiger partial charge in [-0.2, -0.15) is 0 Å². The molecule has 0 spiro atoms. The summed E-state index contributed by atoms with van der Waals surface area (Å²) >= 11 is 12.8. The van der Waals surface area contributed by atoms with Gasteiger partial charge >= 0.3 is 0 Å². The summed E-state index contributed by atoms with van der Waals surface area (Å²) < 4.78 is 0. The number of aryl methyl sites for hydroxylation is 1. The van der Waals surface area contributed by atoms with Gasteiger partial charge in [0.05, 0.1) is 5.02 Å². The van der Waals surface area contributed by atoms with Crippen LogP contribution in [0.3, 0.4) is 0 Å². The molecule has 0 aliphatic carbocycles. The largest absolute Gasteiger partial charge is 0.332 e. The minimum Gasteiger partial charge on any atom is -0.332 e. The molecule has 176 valence electrons. The summed E-state index contributed by atoms with van der Waals surface area (Å²) in [6.07, 6.45) is 1.50. The standard InChI is InChI=1S/C27H23ClN4OS2/c1-18-10-13-21(14-11-18)30-27(34)31-22-8-5-9-23(16-22)35-25(19-6-3-2-4-7-19)26(33)32-24-15-12-20(28)17-29-24/h2-17,25H,1H3,(H,29,32,33)(H2,30,31,34). The van der Waals surface area contributed by atoms with Crippen molar-refractivity contribution in [2.45, 2.75) is 17.1 Å². The molecule has 4 rings (SSSR count). The number of rotatable bonds is 7. The lowest BCUT2D eigenvalue weighted by Crippen LogP contribution is -2.20. The third-order valence-corrected chi connectivity index (χ3v) is 6.65. The van der Waals surface area contributed by atoms with E-state index in [4.69, 9.17) is 23.8 Å². The van der Waals surface area contributed by atoms with Gasteiger partial charge in [0.25, 0.3) is 0 Å². The number of nitrogens with one attached hydrogen (secondary N) is 3. The molecule has 0 saturated carbocycles. The number of hydrogen-bond donors (Lipinski definition) is 3. The van der Waals surface area contributed by atoms with E-state index in [1.165, 1.54) is 23.5 Å². The lowest BCUT2D eigenvalue weighted by molar-refractivity contribution is -0.115. The molecule has 0 radical (unpaired) electrons. The highest BCUT2D eigenvalue weighted by atomic mass is 35.5. The van der Waals surface area contributed by atoms with Gasteiger partial charge < -0.3 is 16.0 Å². The Bertz CT molecular complexity index is 1300. The van der Waals surface area contributed by atoms with Crippen molar-refractivity contribution in [3.63, 3.8) is 0 Å². The molecule has 1 aromatic heterocycles. The van der Waals surface area contributed by atoms with Gasteiger partial charge in [0.1, 0.15) is 11.1 Å². The van der Waals surface area contributed by atoms with Crippen molar-refractivity contribution in [1.82, 2.24) is 4.98 Å². The summed E-state index contributed by atoms with van der Waals surface area (Å²) in [5, 5.41) is 9.81. The van der Waals surface area contributed by atoms with Gasteiger partial charge in [0, 0.05) is 22.5 Å². The third kappa shape index (κ3) is 7.29. The maximum absolute atomic E-state index is 13.2. The first-order valence-corrected chi connectivity index (χ1v) is 12.5. The van der Waals surface area contributed by atoms with Crippen molar-refractivity contribution in [1.29, 1.82) is 0 Å². The monoisotopic (exact) mass is 518 g/mol. The molecule has 35 heavy (non-hydrogen) atoms. The molecule has 1 amide bonds. The van der Waals surface area contributed by atoms with Gasteiger partial charge in [-0.05, 0) is 67.2 Å². The first kappa shape index (κ1) is 24.7. The predicted molar refractivity (Wildman–Crippen MR) is 150 cm³/mol. The number of carbonyl (C=O) groups excluding carboxylic acids is 1. The molecular weight excluding hydrogens is 496 g/mol. The molecule has 0 aliphatic heterocycles. The third-order valence-electron chi connectivity index (χ3n) is 4.97. The van der Waals surface area contributed by atoms with E-state index in [9.17, 15) is 4.79 Å². The second-order valence-electron chi connectivity index (χ2n) is 7.73. The van der Waals surface area contributed by atoms with Crippen LogP contribution in [0.25, 0.3) is 0 Å². The number of thioether (sulfide) groups is 1. The first-order chi connectivity index (χ1) is 17.0. The second kappa shape index (κ2) is 11.8. The number of amides is 1. The molecule has 0 aliphatic rings. The molecular formula is C27H23ClN4OS2. The molecule has 0 saturated heterocycles. The molecule has 3 aromatic carbocycles. The molecule has 3 N–H and O–H groups in total. The molecule has 8 heteroatoms. The van der Waals surface area contributed by atoms with Crippen LogP contribution < -0.4 is 16.0 Å². The average molecular weight is 519 g/mol. The van der Waals surface area contributed by atoms with Crippen molar-refractivity contribution in [3.05, 3.63) is 113 Å². The fourth-order valence-corrected chi connectivity index (χ4v) is 4.69. The fraction of sp³-hybridized carbons (Fsp3) is 0.0741. The van der Waals surface area contributed by atoms with Crippen LogP contribution in [-0.4, -0.2) is 16.0 Å². The number of halogens is 1. The Morgan fingerprint density at radius 1 is 0.886 bits per heavy atom. The van der Waals surface area contributed by atoms with Crippen LogP contribution in [0.4, 0.5) is 17.2 Å². The highest BCUT2D eigenvalue weighted by molar-refractivity contribution is 8.00. The van der Waals surface area contributed by atoms with Crippen LogP contribution in [0.15, 0.2) is 102 Å².